The largest absolute Gasteiger partial charge is 0.454 e. The summed E-state index contributed by atoms with van der Waals surface area (Å²) in [4.78, 5) is 24.7. The molecule has 2 aromatic heterocycles. The van der Waals surface area contributed by atoms with Gasteiger partial charge in [-0.05, 0) is 60.7 Å². The summed E-state index contributed by atoms with van der Waals surface area (Å²) in [5.74, 6) is -1.93. The van der Waals surface area contributed by atoms with E-state index >= 15 is 0 Å². The monoisotopic (exact) mass is 472 g/mol. The maximum Gasteiger partial charge on any atom is 0.418 e. The Balaban J connectivity index is 1.51. The number of anilines is 2. The molecule has 4 aromatic rings. The van der Waals surface area contributed by atoms with Crippen LogP contribution in [0.5, 0.6) is 0 Å². The third-order valence-corrected chi connectivity index (χ3v) is 4.70. The summed E-state index contributed by atoms with van der Waals surface area (Å²) in [6, 6.07) is 12.0. The predicted octanol–water partition coefficient (Wildman–Crippen LogP) is 5.19. The number of nitrogens with one attached hydrogen (secondary N) is 2. The third-order valence-electron chi connectivity index (χ3n) is 4.70. The average molecular weight is 472 g/mol. The van der Waals surface area contributed by atoms with Gasteiger partial charge in [-0.15, -0.1) is 0 Å². The van der Waals surface area contributed by atoms with Crippen LogP contribution in [-0.4, -0.2) is 21.6 Å². The molecular formula is C23H16F4N4O3. The number of alkyl halides is 3. The van der Waals surface area contributed by atoms with Crippen LogP contribution >= 0.6 is 0 Å². The number of carbonyl (C=O) groups excluding carboxylic acids is 2. The first-order valence-corrected chi connectivity index (χ1v) is 9.85. The van der Waals surface area contributed by atoms with Gasteiger partial charge in [-0.1, -0.05) is 0 Å². The number of hydrogen-bond acceptors (Lipinski definition) is 4. The van der Waals surface area contributed by atoms with E-state index in [0.717, 1.165) is 18.2 Å². The summed E-state index contributed by atoms with van der Waals surface area (Å²) in [7, 11) is 0. The predicted molar refractivity (Wildman–Crippen MR) is 114 cm³/mol. The second kappa shape index (κ2) is 9.22. The molecule has 7 nitrogen and oxygen atoms in total. The van der Waals surface area contributed by atoms with Gasteiger partial charge in [0.15, 0.2) is 5.76 Å². The Hall–Kier alpha value is -4.41. The van der Waals surface area contributed by atoms with Crippen LogP contribution < -0.4 is 10.6 Å². The summed E-state index contributed by atoms with van der Waals surface area (Å²) in [6.45, 7) is 0.247. The van der Waals surface area contributed by atoms with E-state index in [1.165, 1.54) is 30.3 Å². The van der Waals surface area contributed by atoms with Crippen LogP contribution in [0.4, 0.5) is 28.9 Å². The van der Waals surface area contributed by atoms with Crippen LogP contribution in [0.25, 0.3) is 0 Å². The Morgan fingerprint density at radius 1 is 0.971 bits per heavy atom. The van der Waals surface area contributed by atoms with Gasteiger partial charge in [-0.3, -0.25) is 14.3 Å². The summed E-state index contributed by atoms with van der Waals surface area (Å²) < 4.78 is 61.0. The number of rotatable bonds is 6. The quantitative estimate of drug-likeness (QED) is 0.378. The molecule has 0 saturated heterocycles. The minimum absolute atomic E-state index is 0.0658. The van der Waals surface area contributed by atoms with Crippen molar-refractivity contribution in [2.24, 2.45) is 0 Å². The van der Waals surface area contributed by atoms with E-state index < -0.39 is 35.1 Å². The molecule has 2 N–H and O–H groups in total. The lowest BCUT2D eigenvalue weighted by Crippen LogP contribution is -2.17. The Bertz CT molecular complexity index is 1310. The minimum atomic E-state index is -4.83. The van der Waals surface area contributed by atoms with Crippen LogP contribution in [0.1, 0.15) is 32.2 Å². The van der Waals surface area contributed by atoms with Crippen LogP contribution in [0, 0.1) is 5.82 Å². The van der Waals surface area contributed by atoms with E-state index in [9.17, 15) is 27.2 Å². The molecule has 4 rings (SSSR count). The van der Waals surface area contributed by atoms with Gasteiger partial charge < -0.3 is 15.1 Å². The molecule has 0 radical (unpaired) electrons. The zero-order valence-corrected chi connectivity index (χ0v) is 17.3. The normalized spacial score (nSPS) is 11.3. The first-order chi connectivity index (χ1) is 16.2. The first-order valence-electron chi connectivity index (χ1n) is 9.85. The standard InChI is InChI=1S/C23H16F4N4O3/c24-15-4-2-14(3-5-15)21(32)29-16-6-8-19(18(12-16)23(25,26)27)30-22(33)20-9-7-17(34-20)13-31-11-1-10-28-31/h1-12H,13H2,(H,29,32)(H,30,33). The van der Waals surface area contributed by atoms with Crippen LogP contribution in [-0.2, 0) is 12.7 Å². The van der Waals surface area contributed by atoms with Gasteiger partial charge in [0.05, 0.1) is 17.8 Å². The highest BCUT2D eigenvalue weighted by molar-refractivity contribution is 6.05. The second-order valence-corrected chi connectivity index (χ2v) is 7.14. The van der Waals surface area contributed by atoms with E-state index in [-0.39, 0.29) is 23.6 Å². The minimum Gasteiger partial charge on any atom is -0.454 e. The number of halogens is 4. The van der Waals surface area contributed by atoms with E-state index in [1.807, 2.05) is 0 Å². The summed E-state index contributed by atoms with van der Waals surface area (Å²) in [6.07, 6.45) is -1.57. The molecule has 0 spiro atoms. The van der Waals surface area contributed by atoms with Crippen molar-refractivity contribution in [1.29, 1.82) is 0 Å². The van der Waals surface area contributed by atoms with Crippen molar-refractivity contribution >= 4 is 23.2 Å². The van der Waals surface area contributed by atoms with Gasteiger partial charge in [0, 0.05) is 23.6 Å². The molecule has 0 bridgehead atoms. The van der Waals surface area contributed by atoms with Crippen molar-refractivity contribution in [3.63, 3.8) is 0 Å². The van der Waals surface area contributed by atoms with E-state index in [4.69, 9.17) is 4.42 Å². The number of carbonyl (C=O) groups is 2. The van der Waals surface area contributed by atoms with E-state index in [1.54, 1.807) is 23.1 Å². The Kier molecular flexibility index (Phi) is 6.17. The van der Waals surface area contributed by atoms with Crippen molar-refractivity contribution < 1.29 is 31.6 Å². The van der Waals surface area contributed by atoms with Crippen molar-refractivity contribution in [2.45, 2.75) is 12.7 Å². The molecule has 0 fully saturated rings. The fourth-order valence-corrected chi connectivity index (χ4v) is 3.09. The summed E-state index contributed by atoms with van der Waals surface area (Å²) in [5, 5.41) is 8.53. The molecule has 11 heteroatoms. The molecule has 0 aliphatic rings. The summed E-state index contributed by atoms with van der Waals surface area (Å²) >= 11 is 0. The molecule has 0 atom stereocenters. The smallest absolute Gasteiger partial charge is 0.418 e. The van der Waals surface area contributed by atoms with E-state index in [2.05, 4.69) is 15.7 Å². The van der Waals surface area contributed by atoms with Crippen LogP contribution in [0.3, 0.4) is 0 Å². The molecule has 2 heterocycles. The highest BCUT2D eigenvalue weighted by Gasteiger charge is 2.34. The topological polar surface area (TPSA) is 89.2 Å². The number of amides is 2. The van der Waals surface area contributed by atoms with Crippen molar-refractivity contribution in [3.8, 4) is 0 Å². The molecule has 0 aliphatic heterocycles. The lowest BCUT2D eigenvalue weighted by atomic mass is 10.1. The first kappa shape index (κ1) is 22.8. The van der Waals surface area contributed by atoms with Crippen molar-refractivity contribution in [3.05, 3.63) is 102 Å². The lowest BCUT2D eigenvalue weighted by molar-refractivity contribution is -0.136. The Morgan fingerprint density at radius 2 is 1.74 bits per heavy atom. The molecular weight excluding hydrogens is 456 g/mol. The third kappa shape index (κ3) is 5.31. The van der Waals surface area contributed by atoms with Gasteiger partial charge in [0.1, 0.15) is 11.6 Å². The maximum absolute atomic E-state index is 13.7. The molecule has 0 unspecified atom stereocenters. The Morgan fingerprint density at radius 3 is 2.41 bits per heavy atom. The number of benzene rings is 2. The van der Waals surface area contributed by atoms with Crippen molar-refractivity contribution in [1.82, 2.24) is 9.78 Å². The van der Waals surface area contributed by atoms with Gasteiger partial charge in [0.25, 0.3) is 11.8 Å². The number of furan rings is 1. The SMILES string of the molecule is O=C(Nc1ccc(NC(=O)c2ccc(Cn3cccn3)o2)c(C(F)(F)F)c1)c1ccc(F)cc1. The molecule has 0 aliphatic carbocycles. The zero-order valence-electron chi connectivity index (χ0n) is 17.3. The zero-order chi connectivity index (χ0) is 24.3. The average Bonchev–Trinajstić information content (AvgIpc) is 3.47. The van der Waals surface area contributed by atoms with Gasteiger partial charge in [-0.2, -0.15) is 18.3 Å². The fourth-order valence-electron chi connectivity index (χ4n) is 3.09. The molecule has 34 heavy (non-hydrogen) atoms. The summed E-state index contributed by atoms with van der Waals surface area (Å²) in [5.41, 5.74) is -1.77. The lowest BCUT2D eigenvalue weighted by Gasteiger charge is -2.15. The molecule has 2 amide bonds. The van der Waals surface area contributed by atoms with Crippen LogP contribution in [0.15, 0.2) is 77.5 Å². The van der Waals surface area contributed by atoms with Gasteiger partial charge in [-0.25, -0.2) is 4.39 Å². The Labute approximate surface area is 190 Å². The highest BCUT2D eigenvalue weighted by atomic mass is 19.4. The number of hydrogen-bond donors (Lipinski definition) is 2. The van der Waals surface area contributed by atoms with Gasteiger partial charge >= 0.3 is 6.18 Å². The molecule has 0 saturated carbocycles. The molecule has 2 aromatic carbocycles. The van der Waals surface area contributed by atoms with Crippen LogP contribution in [0.2, 0.25) is 0 Å². The number of nitrogens with zero attached hydrogens (tertiary/aromatic N) is 2. The maximum atomic E-state index is 13.7. The second-order valence-electron chi connectivity index (χ2n) is 7.14. The number of aromatic nitrogens is 2. The fraction of sp³-hybridized carbons (Fsp3) is 0.0870. The highest BCUT2D eigenvalue weighted by Crippen LogP contribution is 2.37. The van der Waals surface area contributed by atoms with Gasteiger partial charge in [0.2, 0.25) is 0 Å². The van der Waals surface area contributed by atoms with Crippen molar-refractivity contribution in [2.75, 3.05) is 10.6 Å². The van der Waals surface area contributed by atoms with E-state index in [0.29, 0.717) is 11.8 Å². The molecule has 174 valence electrons.